The fraction of sp³-hybridized carbons (Fsp3) is 0.455. The Labute approximate surface area is 261 Å². The molecule has 2 saturated heterocycles. The van der Waals surface area contributed by atoms with E-state index in [9.17, 15) is 4.79 Å². The minimum atomic E-state index is -0.566. The summed E-state index contributed by atoms with van der Waals surface area (Å²) in [6.07, 6.45) is 5.81. The molecule has 4 heterocycles. The lowest BCUT2D eigenvalue weighted by Gasteiger charge is -2.42. The molecule has 1 amide bonds. The highest BCUT2D eigenvalue weighted by Gasteiger charge is 2.45. The summed E-state index contributed by atoms with van der Waals surface area (Å²) in [6.45, 7) is 8.94. The van der Waals surface area contributed by atoms with Crippen LogP contribution in [-0.4, -0.2) is 76.9 Å². The van der Waals surface area contributed by atoms with Gasteiger partial charge in [-0.15, -0.1) is 0 Å². The molecule has 0 spiro atoms. The van der Waals surface area contributed by atoms with Crippen LogP contribution in [0.15, 0.2) is 41.7 Å². The van der Waals surface area contributed by atoms with E-state index in [2.05, 4.69) is 22.9 Å². The molecule has 4 aromatic rings. The maximum Gasteiger partial charge on any atom is 0.410 e. The minimum absolute atomic E-state index is 0.0166. The first kappa shape index (κ1) is 30.3. The summed E-state index contributed by atoms with van der Waals surface area (Å²) < 4.78 is 33.4. The van der Waals surface area contributed by atoms with E-state index < -0.39 is 11.4 Å². The number of aromatic nitrogens is 3. The number of piperazine rings is 1. The highest BCUT2D eigenvalue weighted by atomic mass is 32.2. The van der Waals surface area contributed by atoms with Crippen molar-refractivity contribution in [2.75, 3.05) is 38.1 Å². The second-order valence-electron chi connectivity index (χ2n) is 12.3. The molecule has 2 bridgehead atoms. The number of pyridine rings is 1. The van der Waals surface area contributed by atoms with Crippen molar-refractivity contribution in [1.29, 1.82) is 0 Å². The molecule has 11 heteroatoms. The molecule has 2 aromatic carbocycles. The number of fused-ring (bicyclic) bond motifs is 4. The van der Waals surface area contributed by atoms with Gasteiger partial charge in [0, 0.05) is 32.0 Å². The van der Waals surface area contributed by atoms with Gasteiger partial charge in [-0.1, -0.05) is 36.9 Å². The average Bonchev–Trinajstić information content (AvgIpc) is 3.27. The first-order chi connectivity index (χ1) is 21.1. The van der Waals surface area contributed by atoms with Crippen LogP contribution in [0.3, 0.4) is 0 Å². The molecule has 0 N–H and O–H groups in total. The zero-order valence-corrected chi connectivity index (χ0v) is 26.8. The number of ether oxygens (including phenoxy) is 3. The number of nitrogens with zero attached hydrogens (tertiary/aromatic N) is 5. The molecule has 2 unspecified atom stereocenters. The van der Waals surface area contributed by atoms with Crippen molar-refractivity contribution in [2.45, 2.75) is 69.8 Å². The van der Waals surface area contributed by atoms with Crippen LogP contribution in [0.2, 0.25) is 0 Å². The molecule has 0 radical (unpaired) electrons. The number of benzene rings is 2. The number of hydrogen-bond acceptors (Lipinski definition) is 9. The molecule has 0 aliphatic carbocycles. The van der Waals surface area contributed by atoms with Crippen LogP contribution in [0, 0.1) is 5.82 Å². The lowest BCUT2D eigenvalue weighted by atomic mass is 9.95. The van der Waals surface area contributed by atoms with Crippen LogP contribution < -0.4 is 9.64 Å². The summed E-state index contributed by atoms with van der Waals surface area (Å²) in [5, 5.41) is 2.88. The van der Waals surface area contributed by atoms with Gasteiger partial charge < -0.3 is 19.1 Å². The van der Waals surface area contributed by atoms with Gasteiger partial charge in [-0.25, -0.2) is 19.2 Å². The average molecular weight is 620 g/mol. The van der Waals surface area contributed by atoms with Gasteiger partial charge in [0.05, 0.1) is 17.5 Å². The number of methoxy groups -OCH3 is 1. The fourth-order valence-electron chi connectivity index (χ4n) is 6.40. The van der Waals surface area contributed by atoms with Crippen LogP contribution in [0.5, 0.6) is 5.75 Å². The van der Waals surface area contributed by atoms with Crippen molar-refractivity contribution >= 4 is 45.3 Å². The van der Waals surface area contributed by atoms with E-state index in [4.69, 9.17) is 24.2 Å². The van der Waals surface area contributed by atoms with Crippen LogP contribution in [0.1, 0.15) is 46.1 Å². The topological polar surface area (TPSA) is 89.9 Å². The van der Waals surface area contributed by atoms with Gasteiger partial charge in [0.15, 0.2) is 17.8 Å². The summed E-state index contributed by atoms with van der Waals surface area (Å²) in [7, 11) is 1.56. The summed E-state index contributed by atoms with van der Waals surface area (Å²) >= 11 is 1.37. The Kier molecular flexibility index (Phi) is 8.27. The van der Waals surface area contributed by atoms with Gasteiger partial charge in [0.1, 0.15) is 28.4 Å². The van der Waals surface area contributed by atoms with E-state index in [1.807, 2.05) is 56.2 Å². The second kappa shape index (κ2) is 12.0. The standard InChI is InChI=1S/C33H38FN5O4S/c1-7-19-9-8-10-20-13-23(42-18-41-5)14-24(26(19)20)28-27(34)29-25(15-35-28)30(37-31(36-29)44-6)38-16-21-11-12-22(17-38)39(21)32(40)43-33(2,3)4/h8-10,13-15,21-22H,7,11-12,16-18H2,1-6H3. The number of anilines is 1. The van der Waals surface area contributed by atoms with Crippen LogP contribution in [0.25, 0.3) is 32.9 Å². The normalized spacial score (nSPS) is 18.3. The summed E-state index contributed by atoms with van der Waals surface area (Å²) in [6, 6.07) is 9.77. The molecule has 2 aliphatic heterocycles. The van der Waals surface area contributed by atoms with E-state index in [0.29, 0.717) is 40.8 Å². The van der Waals surface area contributed by atoms with Crippen LogP contribution in [-0.2, 0) is 15.9 Å². The second-order valence-corrected chi connectivity index (χ2v) is 13.1. The third-order valence-electron chi connectivity index (χ3n) is 8.23. The Morgan fingerprint density at radius 3 is 2.55 bits per heavy atom. The first-order valence-electron chi connectivity index (χ1n) is 15.0. The van der Waals surface area contributed by atoms with E-state index in [-0.39, 0.29) is 36.2 Å². The maximum absolute atomic E-state index is 16.7. The number of hydrogen-bond donors (Lipinski definition) is 0. The largest absolute Gasteiger partial charge is 0.468 e. The van der Waals surface area contributed by atoms with Crippen molar-refractivity contribution < 1.29 is 23.4 Å². The van der Waals surface area contributed by atoms with Gasteiger partial charge in [0.2, 0.25) is 0 Å². The molecule has 44 heavy (non-hydrogen) atoms. The Balaban J connectivity index is 1.44. The maximum atomic E-state index is 16.7. The number of rotatable bonds is 7. The molecule has 9 nitrogen and oxygen atoms in total. The quantitative estimate of drug-likeness (QED) is 0.125. The Hall–Kier alpha value is -3.70. The van der Waals surface area contributed by atoms with Crippen molar-refractivity contribution in [3.8, 4) is 17.0 Å². The highest BCUT2D eigenvalue weighted by molar-refractivity contribution is 7.98. The summed E-state index contributed by atoms with van der Waals surface area (Å²) in [5.41, 5.74) is 1.59. The number of carbonyl (C=O) groups is 1. The molecular formula is C33H38FN5O4S. The van der Waals surface area contributed by atoms with Crippen molar-refractivity contribution in [3.63, 3.8) is 0 Å². The third kappa shape index (κ3) is 5.63. The fourth-order valence-corrected chi connectivity index (χ4v) is 6.76. The molecule has 2 atom stereocenters. The van der Waals surface area contributed by atoms with Gasteiger partial charge in [0.25, 0.3) is 0 Å². The zero-order valence-electron chi connectivity index (χ0n) is 26.0. The minimum Gasteiger partial charge on any atom is -0.468 e. The molecule has 2 aliphatic rings. The predicted molar refractivity (Wildman–Crippen MR) is 171 cm³/mol. The van der Waals surface area contributed by atoms with Gasteiger partial charge in [-0.05, 0) is 74.8 Å². The molecule has 0 saturated carbocycles. The van der Waals surface area contributed by atoms with Crippen molar-refractivity contribution in [2.24, 2.45) is 0 Å². The number of carbonyl (C=O) groups excluding carboxylic acids is 1. The molecule has 2 aromatic heterocycles. The number of amides is 1. The van der Waals surface area contributed by atoms with E-state index >= 15 is 4.39 Å². The lowest BCUT2D eigenvalue weighted by Crippen LogP contribution is -2.57. The molecular weight excluding hydrogens is 581 g/mol. The first-order valence-corrected chi connectivity index (χ1v) is 16.2. The lowest BCUT2D eigenvalue weighted by molar-refractivity contribution is 0.0123. The Morgan fingerprint density at radius 2 is 1.89 bits per heavy atom. The van der Waals surface area contributed by atoms with Gasteiger partial charge >= 0.3 is 6.09 Å². The van der Waals surface area contributed by atoms with Gasteiger partial charge in [-0.3, -0.25) is 9.88 Å². The zero-order chi connectivity index (χ0) is 31.2. The third-order valence-corrected chi connectivity index (χ3v) is 8.78. The summed E-state index contributed by atoms with van der Waals surface area (Å²) in [4.78, 5) is 31.3. The van der Waals surface area contributed by atoms with Crippen molar-refractivity contribution in [1.82, 2.24) is 19.9 Å². The Morgan fingerprint density at radius 1 is 1.14 bits per heavy atom. The van der Waals surface area contributed by atoms with Crippen molar-refractivity contribution in [3.05, 3.63) is 47.9 Å². The Bertz CT molecular complexity index is 1710. The number of halogens is 1. The predicted octanol–water partition coefficient (Wildman–Crippen LogP) is 6.84. The number of thioether (sulfide) groups is 1. The molecule has 6 rings (SSSR count). The number of aryl methyl sites for hydroxylation is 1. The summed E-state index contributed by atoms with van der Waals surface area (Å²) in [5.74, 6) is 0.692. The monoisotopic (exact) mass is 619 g/mol. The van der Waals surface area contributed by atoms with E-state index in [1.54, 1.807) is 13.3 Å². The molecule has 232 valence electrons. The SMILES string of the molecule is CCc1cccc2cc(OCOC)cc(-c3ncc4c(N5CC6CCC(C5)N6C(=O)OC(C)(C)C)nc(SC)nc4c3F)c12. The van der Waals surface area contributed by atoms with Crippen LogP contribution in [0.4, 0.5) is 15.0 Å². The highest BCUT2D eigenvalue weighted by Crippen LogP contribution is 2.40. The van der Waals surface area contributed by atoms with E-state index in [0.717, 1.165) is 35.6 Å². The molecule has 2 fully saturated rings. The smallest absolute Gasteiger partial charge is 0.410 e. The van der Waals surface area contributed by atoms with E-state index in [1.165, 1.54) is 11.8 Å². The van der Waals surface area contributed by atoms with Gasteiger partial charge in [-0.2, -0.15) is 0 Å². The van der Waals surface area contributed by atoms with Crippen LogP contribution >= 0.6 is 11.8 Å².